The van der Waals surface area contributed by atoms with Gasteiger partial charge in [-0.05, 0) is 12.8 Å². The number of hydrogen-bond donors (Lipinski definition) is 0. The van der Waals surface area contributed by atoms with E-state index >= 15 is 0 Å². The molecule has 1 nitrogen and oxygen atoms in total. The molecule has 0 heterocycles. The average molecular weight is 275 g/mol. The van der Waals surface area contributed by atoms with Gasteiger partial charge in [0.05, 0.1) is 6.61 Å². The van der Waals surface area contributed by atoms with Crippen molar-refractivity contribution in [2.75, 3.05) is 18.5 Å². The van der Waals surface area contributed by atoms with Crippen LogP contribution in [0.25, 0.3) is 0 Å². The molecule has 84 valence electrons. The molecule has 0 aromatic carbocycles. The lowest BCUT2D eigenvalue weighted by molar-refractivity contribution is -0.179. The quantitative estimate of drug-likeness (QED) is 0.713. The molecule has 0 unspecified atom stereocenters. The van der Waals surface area contributed by atoms with Gasteiger partial charge in [-0.2, -0.15) is 13.2 Å². The maximum atomic E-state index is 11.8. The standard InChI is InChI=1S/C9H14BrF3O/c10-5-8(3-1-2-4-8)6-14-7-9(11,12)13/h1-7H2. The van der Waals surface area contributed by atoms with Crippen molar-refractivity contribution in [3.8, 4) is 0 Å². The predicted octanol–water partition coefficient (Wildman–Crippen LogP) is 3.52. The van der Waals surface area contributed by atoms with Crippen molar-refractivity contribution >= 4 is 15.9 Å². The Hall–Kier alpha value is 0.230. The molecule has 5 heteroatoms. The van der Waals surface area contributed by atoms with Gasteiger partial charge in [-0.15, -0.1) is 0 Å². The second-order valence-corrected chi connectivity index (χ2v) is 4.51. The molecule has 0 amide bonds. The minimum Gasteiger partial charge on any atom is -0.371 e. The van der Waals surface area contributed by atoms with E-state index in [1.54, 1.807) is 0 Å². The third kappa shape index (κ3) is 3.77. The fourth-order valence-electron chi connectivity index (χ4n) is 1.82. The van der Waals surface area contributed by atoms with Gasteiger partial charge in [-0.1, -0.05) is 28.8 Å². The van der Waals surface area contributed by atoms with E-state index in [0.717, 1.165) is 31.0 Å². The van der Waals surface area contributed by atoms with Crippen LogP contribution < -0.4 is 0 Å². The summed E-state index contributed by atoms with van der Waals surface area (Å²) in [5.41, 5.74) is -0.0503. The highest BCUT2D eigenvalue weighted by Crippen LogP contribution is 2.40. The van der Waals surface area contributed by atoms with Crippen LogP contribution in [0, 0.1) is 5.41 Å². The number of hydrogen-bond acceptors (Lipinski definition) is 1. The zero-order valence-corrected chi connectivity index (χ0v) is 9.46. The molecule has 0 aliphatic heterocycles. The van der Waals surface area contributed by atoms with Gasteiger partial charge in [0.2, 0.25) is 0 Å². The highest BCUT2D eigenvalue weighted by molar-refractivity contribution is 9.09. The van der Waals surface area contributed by atoms with Crippen molar-refractivity contribution < 1.29 is 17.9 Å². The summed E-state index contributed by atoms with van der Waals surface area (Å²) in [5, 5.41) is 0.734. The van der Waals surface area contributed by atoms with Gasteiger partial charge in [-0.3, -0.25) is 0 Å². The summed E-state index contributed by atoms with van der Waals surface area (Å²) >= 11 is 3.35. The van der Waals surface area contributed by atoms with Crippen molar-refractivity contribution in [3.63, 3.8) is 0 Å². The molecular formula is C9H14BrF3O. The van der Waals surface area contributed by atoms with Gasteiger partial charge in [0.1, 0.15) is 6.61 Å². The summed E-state index contributed by atoms with van der Waals surface area (Å²) in [4.78, 5) is 0. The van der Waals surface area contributed by atoms with Crippen molar-refractivity contribution in [2.24, 2.45) is 5.41 Å². The highest BCUT2D eigenvalue weighted by atomic mass is 79.9. The number of ether oxygens (including phenoxy) is 1. The fourth-order valence-corrected chi connectivity index (χ4v) is 2.55. The van der Waals surface area contributed by atoms with Gasteiger partial charge in [0, 0.05) is 10.7 Å². The van der Waals surface area contributed by atoms with Gasteiger partial charge < -0.3 is 4.74 Å². The predicted molar refractivity (Wildman–Crippen MR) is 51.6 cm³/mol. The minimum atomic E-state index is -4.20. The van der Waals surface area contributed by atoms with Gasteiger partial charge >= 0.3 is 6.18 Å². The van der Waals surface area contributed by atoms with Crippen LogP contribution in [0.5, 0.6) is 0 Å². The molecule has 0 aromatic rings. The van der Waals surface area contributed by atoms with Crippen molar-refractivity contribution in [1.29, 1.82) is 0 Å². The molecule has 0 N–H and O–H groups in total. The second kappa shape index (κ2) is 4.84. The van der Waals surface area contributed by atoms with Crippen LogP contribution in [-0.4, -0.2) is 24.7 Å². The molecule has 1 rings (SSSR count). The van der Waals surface area contributed by atoms with Crippen LogP contribution in [0.15, 0.2) is 0 Å². The molecule has 0 atom stereocenters. The second-order valence-electron chi connectivity index (χ2n) is 3.95. The lowest BCUT2D eigenvalue weighted by Gasteiger charge is -2.26. The number of halogens is 4. The lowest BCUT2D eigenvalue weighted by Crippen LogP contribution is -2.28. The zero-order chi connectivity index (χ0) is 10.7. The summed E-state index contributed by atoms with van der Waals surface area (Å²) in [6.07, 6.45) is -0.0692. The Labute approximate surface area is 90.1 Å². The van der Waals surface area contributed by atoms with Crippen LogP contribution in [0.2, 0.25) is 0 Å². The molecule has 1 fully saturated rings. The van der Waals surface area contributed by atoms with Gasteiger partial charge in [0.25, 0.3) is 0 Å². The van der Waals surface area contributed by atoms with E-state index < -0.39 is 12.8 Å². The Balaban J connectivity index is 2.28. The zero-order valence-electron chi connectivity index (χ0n) is 7.87. The Bertz CT molecular complexity index is 175. The molecule has 1 saturated carbocycles. The average Bonchev–Trinajstić information content (AvgIpc) is 2.52. The Morgan fingerprint density at radius 1 is 1.21 bits per heavy atom. The van der Waals surface area contributed by atoms with Gasteiger partial charge in [0.15, 0.2) is 0 Å². The van der Waals surface area contributed by atoms with Crippen LogP contribution in [0.4, 0.5) is 13.2 Å². The van der Waals surface area contributed by atoms with Crippen molar-refractivity contribution in [3.05, 3.63) is 0 Å². The maximum absolute atomic E-state index is 11.8. The molecule has 0 bridgehead atoms. The molecule has 0 saturated heterocycles. The van der Waals surface area contributed by atoms with E-state index in [1.165, 1.54) is 0 Å². The summed E-state index contributed by atoms with van der Waals surface area (Å²) < 4.78 is 40.2. The monoisotopic (exact) mass is 274 g/mol. The smallest absolute Gasteiger partial charge is 0.371 e. The van der Waals surface area contributed by atoms with E-state index in [-0.39, 0.29) is 12.0 Å². The molecule has 14 heavy (non-hydrogen) atoms. The van der Waals surface area contributed by atoms with E-state index in [4.69, 9.17) is 4.74 Å². The molecule has 1 aliphatic rings. The van der Waals surface area contributed by atoms with E-state index in [0.29, 0.717) is 0 Å². The normalized spacial score (nSPS) is 21.4. The molecule has 0 radical (unpaired) electrons. The van der Waals surface area contributed by atoms with Crippen molar-refractivity contribution in [1.82, 2.24) is 0 Å². The van der Waals surface area contributed by atoms with Crippen LogP contribution >= 0.6 is 15.9 Å². The lowest BCUT2D eigenvalue weighted by atomic mass is 9.90. The molecule has 1 aliphatic carbocycles. The first-order valence-corrected chi connectivity index (χ1v) is 5.80. The topological polar surface area (TPSA) is 9.23 Å². The summed E-state index contributed by atoms with van der Waals surface area (Å²) in [6, 6.07) is 0. The Morgan fingerprint density at radius 3 is 2.21 bits per heavy atom. The Morgan fingerprint density at radius 2 is 1.79 bits per heavy atom. The molecule has 0 aromatic heterocycles. The summed E-state index contributed by atoms with van der Waals surface area (Å²) in [5.74, 6) is 0. The minimum absolute atomic E-state index is 0.0503. The van der Waals surface area contributed by atoms with E-state index in [1.807, 2.05) is 0 Å². The van der Waals surface area contributed by atoms with Crippen LogP contribution in [-0.2, 0) is 4.74 Å². The largest absolute Gasteiger partial charge is 0.411 e. The third-order valence-electron chi connectivity index (χ3n) is 2.62. The summed E-state index contributed by atoms with van der Waals surface area (Å²) in [6.45, 7) is -0.903. The van der Waals surface area contributed by atoms with Gasteiger partial charge in [-0.25, -0.2) is 0 Å². The van der Waals surface area contributed by atoms with Crippen LogP contribution in [0.3, 0.4) is 0 Å². The highest BCUT2D eigenvalue weighted by Gasteiger charge is 2.35. The first-order chi connectivity index (χ1) is 6.47. The third-order valence-corrected chi connectivity index (χ3v) is 3.81. The van der Waals surface area contributed by atoms with E-state index in [9.17, 15) is 13.2 Å². The van der Waals surface area contributed by atoms with E-state index in [2.05, 4.69) is 15.9 Å². The van der Waals surface area contributed by atoms with Crippen molar-refractivity contribution in [2.45, 2.75) is 31.9 Å². The summed E-state index contributed by atoms with van der Waals surface area (Å²) in [7, 11) is 0. The first kappa shape index (κ1) is 12.3. The molecular weight excluding hydrogens is 261 g/mol. The maximum Gasteiger partial charge on any atom is 0.411 e. The number of alkyl halides is 4. The first-order valence-electron chi connectivity index (χ1n) is 4.68. The fraction of sp³-hybridized carbons (Fsp3) is 1.00. The molecule has 0 spiro atoms. The number of rotatable bonds is 4. The Kier molecular flexibility index (Phi) is 4.25. The van der Waals surface area contributed by atoms with Crippen LogP contribution in [0.1, 0.15) is 25.7 Å². The SMILES string of the molecule is FC(F)(F)COCC1(CBr)CCCC1.